The van der Waals surface area contributed by atoms with E-state index < -0.39 is 0 Å². The molecule has 1 aromatic heterocycles. The minimum absolute atomic E-state index is 0.141. The molecule has 1 aromatic carbocycles. The number of carbonyl (C=O) groups is 1. The van der Waals surface area contributed by atoms with Crippen molar-refractivity contribution in [2.45, 2.75) is 50.4 Å². The molecule has 2 aliphatic heterocycles. The summed E-state index contributed by atoms with van der Waals surface area (Å²) < 4.78 is 11.1. The quantitative estimate of drug-likeness (QED) is 0.887. The first-order valence-electron chi connectivity index (χ1n) is 8.59. The molecule has 2 fully saturated rings. The van der Waals surface area contributed by atoms with Crippen LogP contribution in [0.2, 0.25) is 0 Å². The van der Waals surface area contributed by atoms with Gasteiger partial charge >= 0.3 is 0 Å². The van der Waals surface area contributed by atoms with Crippen LogP contribution in [-0.4, -0.2) is 24.0 Å². The predicted octanol–water partition coefficient (Wildman–Crippen LogP) is 2.87. The van der Waals surface area contributed by atoms with Gasteiger partial charge in [-0.15, -0.1) is 0 Å². The zero-order chi connectivity index (χ0) is 16.4. The molecule has 2 saturated heterocycles. The molecule has 24 heavy (non-hydrogen) atoms. The summed E-state index contributed by atoms with van der Waals surface area (Å²) >= 11 is 0. The maximum atomic E-state index is 12.6. The lowest BCUT2D eigenvalue weighted by Gasteiger charge is -2.29. The van der Waals surface area contributed by atoms with E-state index in [1.165, 1.54) is 12.8 Å². The van der Waals surface area contributed by atoms with Crippen LogP contribution in [0.5, 0.6) is 5.75 Å². The third kappa shape index (κ3) is 3.31. The number of furan rings is 1. The van der Waals surface area contributed by atoms with E-state index in [0.717, 1.165) is 24.2 Å². The van der Waals surface area contributed by atoms with E-state index in [4.69, 9.17) is 9.15 Å². The average molecular weight is 326 g/mol. The molecule has 2 unspecified atom stereocenters. The van der Waals surface area contributed by atoms with Gasteiger partial charge in [0.15, 0.2) is 5.76 Å². The molecule has 2 atom stereocenters. The maximum absolute atomic E-state index is 12.6. The molecule has 0 spiro atoms. The minimum atomic E-state index is -0.141. The molecular weight excluding hydrogens is 304 g/mol. The molecule has 126 valence electrons. The van der Waals surface area contributed by atoms with Crippen molar-refractivity contribution in [3.8, 4) is 5.75 Å². The second kappa shape index (κ2) is 6.69. The molecule has 1 amide bonds. The van der Waals surface area contributed by atoms with Crippen molar-refractivity contribution >= 4 is 5.91 Å². The number of hydrogen-bond acceptors (Lipinski definition) is 4. The number of rotatable bonds is 5. The number of benzene rings is 1. The topological polar surface area (TPSA) is 63.5 Å². The first kappa shape index (κ1) is 15.3. The molecule has 0 aliphatic carbocycles. The number of ether oxygens (including phenoxy) is 1. The second-order valence-corrected chi connectivity index (χ2v) is 6.66. The molecular formula is C19H22N2O3. The number of carbonyl (C=O) groups excluding carboxylic acids is 1. The van der Waals surface area contributed by atoms with Gasteiger partial charge in [-0.25, -0.2) is 0 Å². The number of hydrogen-bond donors (Lipinski definition) is 2. The lowest BCUT2D eigenvalue weighted by molar-refractivity contribution is 0.0892. The van der Waals surface area contributed by atoms with Crippen molar-refractivity contribution in [3.63, 3.8) is 0 Å². The van der Waals surface area contributed by atoms with Crippen molar-refractivity contribution in [3.05, 3.63) is 54.0 Å². The first-order chi connectivity index (χ1) is 11.8. The fourth-order valence-electron chi connectivity index (χ4n) is 3.75. The lowest BCUT2D eigenvalue weighted by atomic mass is 9.99. The van der Waals surface area contributed by atoms with Crippen LogP contribution in [0.1, 0.15) is 41.8 Å². The maximum Gasteiger partial charge on any atom is 0.287 e. The van der Waals surface area contributed by atoms with E-state index in [1.54, 1.807) is 12.3 Å². The number of nitrogens with one attached hydrogen (secondary N) is 2. The van der Waals surface area contributed by atoms with Crippen molar-refractivity contribution in [1.29, 1.82) is 0 Å². The Morgan fingerprint density at radius 2 is 1.92 bits per heavy atom. The van der Waals surface area contributed by atoms with Gasteiger partial charge in [-0.1, -0.05) is 18.2 Å². The Morgan fingerprint density at radius 3 is 2.67 bits per heavy atom. The molecule has 4 rings (SSSR count). The highest BCUT2D eigenvalue weighted by atomic mass is 16.5. The zero-order valence-electron chi connectivity index (χ0n) is 13.5. The number of amides is 1. The Bertz CT molecular complexity index is 686. The van der Waals surface area contributed by atoms with Gasteiger partial charge in [0, 0.05) is 23.7 Å². The SMILES string of the molecule is O=C(NC1CC2CCC(C1)N2)c1occc1COc1ccccc1. The van der Waals surface area contributed by atoms with Crippen molar-refractivity contribution in [2.24, 2.45) is 0 Å². The van der Waals surface area contributed by atoms with Gasteiger partial charge in [-0.05, 0) is 43.9 Å². The second-order valence-electron chi connectivity index (χ2n) is 6.66. The summed E-state index contributed by atoms with van der Waals surface area (Å²) in [6, 6.07) is 12.7. The molecule has 0 radical (unpaired) electrons. The van der Waals surface area contributed by atoms with Gasteiger partial charge in [0.1, 0.15) is 12.4 Å². The summed E-state index contributed by atoms with van der Waals surface area (Å²) in [5, 5.41) is 6.72. The van der Waals surface area contributed by atoms with Crippen LogP contribution in [0.4, 0.5) is 0 Å². The highest BCUT2D eigenvalue weighted by molar-refractivity contribution is 5.93. The molecule has 2 bridgehead atoms. The summed E-state index contributed by atoms with van der Waals surface area (Å²) in [7, 11) is 0. The predicted molar refractivity (Wildman–Crippen MR) is 89.9 cm³/mol. The van der Waals surface area contributed by atoms with E-state index in [1.807, 2.05) is 30.3 Å². The lowest BCUT2D eigenvalue weighted by Crippen LogP contribution is -2.48. The standard InChI is InChI=1S/C19H22N2O3/c22-19(21-16-10-14-6-7-15(11-16)20-14)18-13(8-9-23-18)12-24-17-4-2-1-3-5-17/h1-5,8-9,14-16,20H,6-7,10-12H2,(H,21,22). The monoisotopic (exact) mass is 326 g/mol. The third-order valence-corrected chi connectivity index (χ3v) is 4.90. The van der Waals surface area contributed by atoms with Gasteiger partial charge in [0.05, 0.1) is 6.26 Å². The number of fused-ring (bicyclic) bond motifs is 2. The Morgan fingerprint density at radius 1 is 1.17 bits per heavy atom. The molecule has 2 aliphatic rings. The molecule has 5 nitrogen and oxygen atoms in total. The van der Waals surface area contributed by atoms with Crippen LogP contribution >= 0.6 is 0 Å². The van der Waals surface area contributed by atoms with Gasteiger partial charge in [0.25, 0.3) is 5.91 Å². The van der Waals surface area contributed by atoms with Crippen LogP contribution in [0, 0.1) is 0 Å². The Kier molecular flexibility index (Phi) is 4.26. The molecule has 0 saturated carbocycles. The highest BCUT2D eigenvalue weighted by Gasteiger charge is 2.34. The van der Waals surface area contributed by atoms with E-state index >= 15 is 0 Å². The van der Waals surface area contributed by atoms with Crippen LogP contribution in [0.3, 0.4) is 0 Å². The summed E-state index contributed by atoms with van der Waals surface area (Å²) in [6.45, 7) is 0.320. The van der Waals surface area contributed by atoms with E-state index in [2.05, 4.69) is 10.6 Å². The van der Waals surface area contributed by atoms with Crippen molar-refractivity contribution in [1.82, 2.24) is 10.6 Å². The Balaban J connectivity index is 1.37. The van der Waals surface area contributed by atoms with Crippen molar-refractivity contribution in [2.75, 3.05) is 0 Å². The van der Waals surface area contributed by atoms with Crippen molar-refractivity contribution < 1.29 is 13.9 Å². The van der Waals surface area contributed by atoms with Crippen LogP contribution < -0.4 is 15.4 Å². The van der Waals surface area contributed by atoms with Gasteiger partial charge in [-0.3, -0.25) is 4.79 Å². The molecule has 2 aromatic rings. The first-order valence-corrected chi connectivity index (χ1v) is 8.59. The van der Waals surface area contributed by atoms with Crippen LogP contribution in [0.15, 0.2) is 47.1 Å². The average Bonchev–Trinajstić information content (AvgIpc) is 3.20. The Labute approximate surface area is 141 Å². The zero-order valence-corrected chi connectivity index (χ0v) is 13.5. The van der Waals surface area contributed by atoms with Gasteiger partial charge < -0.3 is 19.8 Å². The minimum Gasteiger partial charge on any atom is -0.489 e. The number of piperidine rings is 1. The summed E-state index contributed by atoms with van der Waals surface area (Å²) in [5.74, 6) is 0.995. The largest absolute Gasteiger partial charge is 0.489 e. The summed E-state index contributed by atoms with van der Waals surface area (Å²) in [4.78, 5) is 12.6. The number of para-hydroxylation sites is 1. The van der Waals surface area contributed by atoms with Crippen LogP contribution in [0.25, 0.3) is 0 Å². The summed E-state index contributed by atoms with van der Waals surface area (Å²) in [6.07, 6.45) is 5.98. The highest BCUT2D eigenvalue weighted by Crippen LogP contribution is 2.27. The van der Waals surface area contributed by atoms with Gasteiger partial charge in [-0.2, -0.15) is 0 Å². The summed E-state index contributed by atoms with van der Waals surface area (Å²) in [5.41, 5.74) is 0.772. The molecule has 5 heteroatoms. The normalized spacial score (nSPS) is 25.4. The fourth-order valence-corrected chi connectivity index (χ4v) is 3.75. The van der Waals surface area contributed by atoms with E-state index in [9.17, 15) is 4.79 Å². The smallest absolute Gasteiger partial charge is 0.287 e. The molecule has 2 N–H and O–H groups in total. The van der Waals surface area contributed by atoms with E-state index in [0.29, 0.717) is 24.5 Å². The third-order valence-electron chi connectivity index (χ3n) is 4.90. The van der Waals surface area contributed by atoms with Gasteiger partial charge in [0.2, 0.25) is 0 Å². The van der Waals surface area contributed by atoms with Crippen LogP contribution in [-0.2, 0) is 6.61 Å². The fraction of sp³-hybridized carbons (Fsp3) is 0.421. The molecule has 3 heterocycles. The Hall–Kier alpha value is -2.27. The van der Waals surface area contributed by atoms with E-state index in [-0.39, 0.29) is 11.9 Å².